The maximum Gasteiger partial charge on any atom is 0.401 e. The number of thioether (sulfide) groups is 1. The number of alkyl halides is 3. The number of carbonyl (C=O) groups is 2. The van der Waals surface area contributed by atoms with Crippen LogP contribution < -0.4 is 5.32 Å². The summed E-state index contributed by atoms with van der Waals surface area (Å²) in [5, 5.41) is 14.8. The number of amides is 1. The highest BCUT2D eigenvalue weighted by Gasteiger charge is 2.45. The summed E-state index contributed by atoms with van der Waals surface area (Å²) in [7, 11) is 0. The first-order valence-corrected chi connectivity index (χ1v) is 7.83. The van der Waals surface area contributed by atoms with Gasteiger partial charge in [-0.25, -0.2) is 0 Å². The third-order valence-corrected chi connectivity index (χ3v) is 3.77. The summed E-state index contributed by atoms with van der Waals surface area (Å²) in [6.07, 6.45) is -4.39. The molecule has 2 N–H and O–H groups in total. The minimum Gasteiger partial charge on any atom is -0.345 e. The first kappa shape index (κ1) is 19.4. The summed E-state index contributed by atoms with van der Waals surface area (Å²) in [5.41, 5.74) is 0. The van der Waals surface area contributed by atoms with E-state index in [0.717, 1.165) is 6.92 Å². The molecule has 0 aliphatic heterocycles. The first-order valence-electron chi connectivity index (χ1n) is 6.85. The molecule has 7 nitrogen and oxygen atoms in total. The Bertz CT molecular complexity index is 521. The fourth-order valence-electron chi connectivity index (χ4n) is 1.81. The maximum atomic E-state index is 13.0. The molecule has 1 aromatic rings. The summed E-state index contributed by atoms with van der Waals surface area (Å²) in [5.74, 6) is -3.94. The number of nitrogens with zero attached hydrogens (tertiary/aromatic N) is 3. The minimum atomic E-state index is -4.74. The smallest absolute Gasteiger partial charge is 0.345 e. The molecule has 1 rings (SSSR count). The van der Waals surface area contributed by atoms with Gasteiger partial charge in [-0.15, -0.1) is 10.2 Å². The molecule has 0 saturated carbocycles. The zero-order valence-corrected chi connectivity index (χ0v) is 13.7. The SMILES string of the molecule is CC(=O)SC[C@@H](C(=O)NC(CC(C)C)c1nn[nH]n1)C(F)(F)F. The van der Waals surface area contributed by atoms with Crippen molar-refractivity contribution in [2.75, 3.05) is 5.75 Å². The largest absolute Gasteiger partial charge is 0.401 e. The van der Waals surface area contributed by atoms with Gasteiger partial charge in [-0.3, -0.25) is 9.59 Å². The van der Waals surface area contributed by atoms with E-state index >= 15 is 0 Å². The summed E-state index contributed by atoms with van der Waals surface area (Å²) in [6, 6.07) is -0.784. The number of tetrazole rings is 1. The number of hydrogen-bond donors (Lipinski definition) is 2. The lowest BCUT2D eigenvalue weighted by Crippen LogP contribution is -2.43. The van der Waals surface area contributed by atoms with Gasteiger partial charge in [-0.2, -0.15) is 18.4 Å². The Morgan fingerprint density at radius 2 is 2.00 bits per heavy atom. The van der Waals surface area contributed by atoms with E-state index in [4.69, 9.17) is 0 Å². The molecule has 0 fully saturated rings. The van der Waals surface area contributed by atoms with E-state index in [1.807, 2.05) is 13.8 Å². The Hall–Kier alpha value is -1.65. The molecule has 0 bridgehead atoms. The van der Waals surface area contributed by atoms with Gasteiger partial charge in [-0.1, -0.05) is 30.8 Å². The van der Waals surface area contributed by atoms with E-state index in [-0.39, 0.29) is 11.7 Å². The molecule has 0 spiro atoms. The van der Waals surface area contributed by atoms with E-state index in [1.165, 1.54) is 0 Å². The second-order valence-corrected chi connectivity index (χ2v) is 6.55. The molecule has 0 aliphatic rings. The molecule has 0 saturated heterocycles. The molecular formula is C12H18F3N5O2S. The van der Waals surface area contributed by atoms with Crippen molar-refractivity contribution in [3.05, 3.63) is 5.82 Å². The molecule has 0 aliphatic carbocycles. The molecule has 1 heterocycles. The van der Waals surface area contributed by atoms with Gasteiger partial charge >= 0.3 is 6.18 Å². The molecule has 11 heteroatoms. The van der Waals surface area contributed by atoms with Crippen LogP contribution in [0.3, 0.4) is 0 Å². The van der Waals surface area contributed by atoms with Crippen molar-refractivity contribution in [3.8, 4) is 0 Å². The van der Waals surface area contributed by atoms with Crippen LogP contribution in [0.25, 0.3) is 0 Å². The quantitative estimate of drug-likeness (QED) is 0.776. The number of aromatic nitrogens is 4. The van der Waals surface area contributed by atoms with Crippen molar-refractivity contribution in [2.24, 2.45) is 11.8 Å². The predicted octanol–water partition coefficient (Wildman–Crippen LogP) is 1.86. The Balaban J connectivity index is 2.86. The number of halogens is 3. The van der Waals surface area contributed by atoms with Gasteiger partial charge in [0.25, 0.3) is 0 Å². The molecule has 0 radical (unpaired) electrons. The summed E-state index contributed by atoms with van der Waals surface area (Å²) in [6.45, 7) is 4.86. The van der Waals surface area contributed by atoms with Gasteiger partial charge in [-0.05, 0) is 12.3 Å². The van der Waals surface area contributed by atoms with Gasteiger partial charge in [0.15, 0.2) is 10.9 Å². The van der Waals surface area contributed by atoms with E-state index in [0.29, 0.717) is 18.2 Å². The average Bonchev–Trinajstić information content (AvgIpc) is 2.89. The zero-order valence-electron chi connectivity index (χ0n) is 12.8. The lowest BCUT2D eigenvalue weighted by atomic mass is 10.0. The normalized spacial score (nSPS) is 14.6. The van der Waals surface area contributed by atoms with Crippen molar-refractivity contribution >= 4 is 22.8 Å². The number of nitrogens with one attached hydrogen (secondary N) is 2. The predicted molar refractivity (Wildman–Crippen MR) is 77.2 cm³/mol. The second-order valence-electron chi connectivity index (χ2n) is 5.36. The molecule has 1 unspecified atom stereocenters. The maximum absolute atomic E-state index is 13.0. The summed E-state index contributed by atoms with van der Waals surface area (Å²) < 4.78 is 39.1. The van der Waals surface area contributed by atoms with Crippen molar-refractivity contribution < 1.29 is 22.8 Å². The first-order chi connectivity index (χ1) is 10.6. The topological polar surface area (TPSA) is 101 Å². The number of aromatic amines is 1. The van der Waals surface area contributed by atoms with Crippen LogP contribution in [0.4, 0.5) is 13.2 Å². The Morgan fingerprint density at radius 3 is 2.43 bits per heavy atom. The Morgan fingerprint density at radius 1 is 1.35 bits per heavy atom. The number of hydrogen-bond acceptors (Lipinski definition) is 6. The van der Waals surface area contributed by atoms with Crippen molar-refractivity contribution in [1.82, 2.24) is 25.9 Å². The number of rotatable bonds is 7. The van der Waals surface area contributed by atoms with Crippen LogP contribution in [0, 0.1) is 11.8 Å². The van der Waals surface area contributed by atoms with E-state index in [1.54, 1.807) is 0 Å². The fourth-order valence-corrected chi connectivity index (χ4v) is 2.55. The lowest BCUT2D eigenvalue weighted by Gasteiger charge is -2.23. The van der Waals surface area contributed by atoms with Crippen LogP contribution in [-0.4, -0.2) is 43.6 Å². The highest BCUT2D eigenvalue weighted by atomic mass is 32.2. The van der Waals surface area contributed by atoms with E-state index in [9.17, 15) is 22.8 Å². The zero-order chi connectivity index (χ0) is 17.6. The van der Waals surface area contributed by atoms with Crippen LogP contribution in [-0.2, 0) is 9.59 Å². The van der Waals surface area contributed by atoms with Crippen molar-refractivity contribution in [1.29, 1.82) is 0 Å². The molecule has 23 heavy (non-hydrogen) atoms. The fraction of sp³-hybridized carbons (Fsp3) is 0.750. The van der Waals surface area contributed by atoms with Gasteiger partial charge in [0.2, 0.25) is 5.91 Å². The number of H-pyrrole nitrogens is 1. The molecular weight excluding hydrogens is 335 g/mol. The van der Waals surface area contributed by atoms with Crippen LogP contribution in [0.15, 0.2) is 0 Å². The van der Waals surface area contributed by atoms with Crippen molar-refractivity contribution in [2.45, 2.75) is 39.4 Å². The highest BCUT2D eigenvalue weighted by Crippen LogP contribution is 2.30. The summed E-state index contributed by atoms with van der Waals surface area (Å²) >= 11 is 0.464. The van der Waals surface area contributed by atoms with Crippen LogP contribution >= 0.6 is 11.8 Å². The van der Waals surface area contributed by atoms with Crippen molar-refractivity contribution in [3.63, 3.8) is 0 Å². The lowest BCUT2D eigenvalue weighted by molar-refractivity contribution is -0.178. The van der Waals surface area contributed by atoms with Crippen LogP contribution in [0.2, 0.25) is 0 Å². The number of carbonyl (C=O) groups excluding carboxylic acids is 2. The molecule has 1 aromatic heterocycles. The van der Waals surface area contributed by atoms with Gasteiger partial charge in [0, 0.05) is 12.7 Å². The average molecular weight is 353 g/mol. The van der Waals surface area contributed by atoms with Crippen LogP contribution in [0.5, 0.6) is 0 Å². The van der Waals surface area contributed by atoms with Gasteiger partial charge in [0.05, 0.1) is 6.04 Å². The standard InChI is InChI=1S/C12H18F3N5O2S/c1-6(2)4-9(10-17-19-20-18-10)16-11(22)8(12(13,14)15)5-23-7(3)21/h6,8-9H,4-5H2,1-3H3,(H,16,22)(H,17,18,19,20)/t8-,9?/m0/s1. The van der Waals surface area contributed by atoms with Gasteiger partial charge < -0.3 is 5.32 Å². The third-order valence-electron chi connectivity index (χ3n) is 2.86. The Kier molecular flexibility index (Phi) is 6.98. The van der Waals surface area contributed by atoms with E-state index in [2.05, 4.69) is 25.9 Å². The summed E-state index contributed by atoms with van der Waals surface area (Å²) in [4.78, 5) is 22.9. The minimum absolute atomic E-state index is 0.0923. The van der Waals surface area contributed by atoms with Gasteiger partial charge in [0.1, 0.15) is 5.92 Å². The Labute approximate surface area is 135 Å². The second kappa shape index (κ2) is 8.27. The van der Waals surface area contributed by atoms with E-state index < -0.39 is 34.9 Å². The van der Waals surface area contributed by atoms with Crippen LogP contribution in [0.1, 0.15) is 39.1 Å². The highest BCUT2D eigenvalue weighted by molar-refractivity contribution is 8.13. The molecule has 2 atom stereocenters. The molecule has 0 aromatic carbocycles. The third kappa shape index (κ3) is 6.55. The molecule has 1 amide bonds. The molecule has 130 valence electrons. The monoisotopic (exact) mass is 353 g/mol.